The van der Waals surface area contributed by atoms with Gasteiger partial charge in [0.15, 0.2) is 0 Å². The monoisotopic (exact) mass is 260 g/mol. The van der Waals surface area contributed by atoms with Gasteiger partial charge in [-0.05, 0) is 26.0 Å². The molecular formula is C11H24N4OS. The fourth-order valence-electron chi connectivity index (χ4n) is 2.14. The van der Waals surface area contributed by atoms with Crippen LogP contribution in [0.1, 0.15) is 26.2 Å². The number of hydrazine groups is 1. The van der Waals surface area contributed by atoms with Crippen molar-refractivity contribution in [2.45, 2.75) is 43.5 Å². The van der Waals surface area contributed by atoms with Gasteiger partial charge in [-0.15, -0.1) is 0 Å². The smallest absolute Gasteiger partial charge is 0.206 e. The number of nitrogens with two attached hydrogens (primary N) is 1. The van der Waals surface area contributed by atoms with E-state index < -0.39 is 0 Å². The molecule has 0 radical (unpaired) electrons. The number of nitrogens with one attached hydrogen (secondary N) is 2. The first-order valence-corrected chi connectivity index (χ1v) is 7.32. The van der Waals surface area contributed by atoms with Crippen LogP contribution in [0.2, 0.25) is 0 Å². The Kier molecular flexibility index (Phi) is 6.69. The molecule has 1 fully saturated rings. The summed E-state index contributed by atoms with van der Waals surface area (Å²) < 4.78 is 5.07. The van der Waals surface area contributed by atoms with Gasteiger partial charge in [-0.25, -0.2) is 10.8 Å². The van der Waals surface area contributed by atoms with Gasteiger partial charge in [0.2, 0.25) is 5.96 Å². The van der Waals surface area contributed by atoms with Crippen molar-refractivity contribution in [3.63, 3.8) is 0 Å². The largest absolute Gasteiger partial charge is 0.383 e. The molecule has 5 nitrogen and oxygen atoms in total. The quantitative estimate of drug-likeness (QED) is 0.294. The summed E-state index contributed by atoms with van der Waals surface area (Å²) in [5.74, 6) is 6.16. The van der Waals surface area contributed by atoms with Gasteiger partial charge in [0, 0.05) is 18.4 Å². The Labute approximate surface area is 108 Å². The summed E-state index contributed by atoms with van der Waals surface area (Å²) in [5.41, 5.74) is 2.64. The Hall–Kier alpha value is -0.460. The number of aliphatic imine (C=N–C) groups is 1. The molecule has 3 atom stereocenters. The average Bonchev–Trinajstić information content (AvgIpc) is 2.75. The topological polar surface area (TPSA) is 71.7 Å². The van der Waals surface area contributed by atoms with Gasteiger partial charge in [-0.3, -0.25) is 5.43 Å². The maximum Gasteiger partial charge on any atom is 0.206 e. The Morgan fingerprint density at radius 2 is 2.35 bits per heavy atom. The third-order valence-electron chi connectivity index (χ3n) is 2.95. The summed E-state index contributed by atoms with van der Waals surface area (Å²) in [4.78, 5) is 4.66. The Balaban J connectivity index is 2.53. The SMILES string of the molecule is COCC(C)NC(=NC1CCCC1SC)NN. The zero-order valence-electron chi connectivity index (χ0n) is 10.9. The average molecular weight is 260 g/mol. The number of ether oxygens (including phenoxy) is 1. The number of hydrogen-bond acceptors (Lipinski definition) is 4. The van der Waals surface area contributed by atoms with E-state index in [-0.39, 0.29) is 6.04 Å². The lowest BCUT2D eigenvalue weighted by Crippen LogP contribution is -2.47. The zero-order valence-corrected chi connectivity index (χ0v) is 11.7. The van der Waals surface area contributed by atoms with E-state index in [1.54, 1.807) is 7.11 Å². The molecule has 100 valence electrons. The summed E-state index contributed by atoms with van der Waals surface area (Å²) in [5, 5.41) is 3.84. The highest BCUT2D eigenvalue weighted by Crippen LogP contribution is 2.30. The van der Waals surface area contributed by atoms with Crippen LogP contribution in [0.15, 0.2) is 4.99 Å². The van der Waals surface area contributed by atoms with Crippen LogP contribution in [0.5, 0.6) is 0 Å². The molecule has 0 saturated heterocycles. The van der Waals surface area contributed by atoms with Crippen molar-refractivity contribution in [2.75, 3.05) is 20.0 Å². The molecule has 0 aliphatic heterocycles. The molecule has 0 aromatic heterocycles. The zero-order chi connectivity index (χ0) is 12.7. The molecule has 0 amide bonds. The minimum atomic E-state index is 0.198. The second-order valence-corrected chi connectivity index (χ2v) is 5.47. The molecule has 0 heterocycles. The molecule has 1 aliphatic carbocycles. The van der Waals surface area contributed by atoms with Crippen LogP contribution in [0.4, 0.5) is 0 Å². The highest BCUT2D eigenvalue weighted by Gasteiger charge is 2.26. The lowest BCUT2D eigenvalue weighted by Gasteiger charge is -2.19. The van der Waals surface area contributed by atoms with Crippen LogP contribution in [-0.2, 0) is 4.74 Å². The van der Waals surface area contributed by atoms with Crippen LogP contribution in [-0.4, -0.2) is 43.3 Å². The van der Waals surface area contributed by atoms with Gasteiger partial charge >= 0.3 is 0 Å². The molecule has 1 aliphatic rings. The van der Waals surface area contributed by atoms with Crippen molar-refractivity contribution in [3.05, 3.63) is 0 Å². The molecule has 0 spiro atoms. The normalized spacial score (nSPS) is 26.9. The van der Waals surface area contributed by atoms with Crippen molar-refractivity contribution in [3.8, 4) is 0 Å². The standard InChI is InChI=1S/C11H24N4OS/c1-8(7-16-2)13-11(15-12)14-9-5-4-6-10(9)17-3/h8-10H,4-7,12H2,1-3H3,(H2,13,14,15). The molecule has 1 rings (SSSR count). The number of thioether (sulfide) groups is 1. The lowest BCUT2D eigenvalue weighted by atomic mass is 10.2. The molecule has 0 aromatic carbocycles. The second-order valence-electron chi connectivity index (χ2n) is 4.40. The Morgan fingerprint density at radius 3 is 2.94 bits per heavy atom. The summed E-state index contributed by atoms with van der Waals surface area (Å²) >= 11 is 1.89. The van der Waals surface area contributed by atoms with Gasteiger partial charge < -0.3 is 10.1 Å². The van der Waals surface area contributed by atoms with E-state index in [4.69, 9.17) is 10.6 Å². The van der Waals surface area contributed by atoms with E-state index in [1.807, 2.05) is 18.7 Å². The molecule has 6 heteroatoms. The summed E-state index contributed by atoms with van der Waals surface area (Å²) in [6, 6.07) is 0.572. The van der Waals surface area contributed by atoms with E-state index >= 15 is 0 Å². The summed E-state index contributed by atoms with van der Waals surface area (Å²) in [6.07, 6.45) is 5.80. The lowest BCUT2D eigenvalue weighted by molar-refractivity contribution is 0.179. The van der Waals surface area contributed by atoms with Crippen molar-refractivity contribution in [2.24, 2.45) is 10.8 Å². The second kappa shape index (κ2) is 7.79. The molecular weight excluding hydrogens is 236 g/mol. The molecule has 1 saturated carbocycles. The van der Waals surface area contributed by atoms with E-state index in [9.17, 15) is 0 Å². The molecule has 0 bridgehead atoms. The van der Waals surface area contributed by atoms with E-state index in [2.05, 4.69) is 22.0 Å². The maximum atomic E-state index is 5.49. The first-order valence-electron chi connectivity index (χ1n) is 6.04. The molecule has 4 N–H and O–H groups in total. The predicted octanol–water partition coefficient (Wildman–Crippen LogP) is 0.714. The highest BCUT2D eigenvalue weighted by molar-refractivity contribution is 7.99. The van der Waals surface area contributed by atoms with Crippen molar-refractivity contribution < 1.29 is 4.74 Å². The van der Waals surface area contributed by atoms with Gasteiger partial charge in [-0.1, -0.05) is 6.42 Å². The molecule has 3 unspecified atom stereocenters. The van der Waals surface area contributed by atoms with Crippen LogP contribution in [0, 0.1) is 0 Å². The number of nitrogens with zero attached hydrogens (tertiary/aromatic N) is 1. The fraction of sp³-hybridized carbons (Fsp3) is 0.909. The first-order chi connectivity index (χ1) is 8.21. The summed E-state index contributed by atoms with van der Waals surface area (Å²) in [6.45, 7) is 2.67. The minimum Gasteiger partial charge on any atom is -0.383 e. The van der Waals surface area contributed by atoms with Gasteiger partial charge in [-0.2, -0.15) is 11.8 Å². The third kappa shape index (κ3) is 4.73. The van der Waals surface area contributed by atoms with Crippen LogP contribution in [0.25, 0.3) is 0 Å². The Bertz CT molecular complexity index is 250. The number of methoxy groups -OCH3 is 1. The number of hydrogen-bond donors (Lipinski definition) is 3. The minimum absolute atomic E-state index is 0.198. The van der Waals surface area contributed by atoms with E-state index in [0.29, 0.717) is 23.9 Å². The van der Waals surface area contributed by atoms with Gasteiger partial charge in [0.25, 0.3) is 0 Å². The number of guanidine groups is 1. The highest BCUT2D eigenvalue weighted by atomic mass is 32.2. The van der Waals surface area contributed by atoms with Gasteiger partial charge in [0.05, 0.1) is 12.6 Å². The molecule has 0 aromatic rings. The van der Waals surface area contributed by atoms with Crippen LogP contribution < -0.4 is 16.6 Å². The fourth-order valence-corrected chi connectivity index (χ4v) is 3.05. The van der Waals surface area contributed by atoms with Crippen molar-refractivity contribution in [1.82, 2.24) is 10.7 Å². The predicted molar refractivity (Wildman–Crippen MR) is 74.2 cm³/mol. The van der Waals surface area contributed by atoms with Gasteiger partial charge in [0.1, 0.15) is 0 Å². The third-order valence-corrected chi connectivity index (χ3v) is 4.11. The van der Waals surface area contributed by atoms with E-state index in [1.165, 1.54) is 12.8 Å². The Morgan fingerprint density at radius 1 is 1.59 bits per heavy atom. The van der Waals surface area contributed by atoms with Crippen LogP contribution >= 0.6 is 11.8 Å². The first kappa shape index (κ1) is 14.6. The van der Waals surface area contributed by atoms with Crippen LogP contribution in [0.3, 0.4) is 0 Å². The van der Waals surface area contributed by atoms with Crippen molar-refractivity contribution >= 4 is 17.7 Å². The maximum absolute atomic E-state index is 5.49. The van der Waals surface area contributed by atoms with Crippen molar-refractivity contribution in [1.29, 1.82) is 0 Å². The molecule has 17 heavy (non-hydrogen) atoms. The summed E-state index contributed by atoms with van der Waals surface area (Å²) in [7, 11) is 1.69. The number of rotatable bonds is 5. The van der Waals surface area contributed by atoms with E-state index in [0.717, 1.165) is 6.42 Å².